The van der Waals surface area contributed by atoms with Crippen molar-refractivity contribution in [2.45, 2.75) is 4.34 Å². The van der Waals surface area contributed by atoms with Crippen molar-refractivity contribution >= 4 is 64.4 Å². The normalized spacial score (nSPS) is 10.6. The lowest BCUT2D eigenvalue weighted by Gasteiger charge is -2.02. The molecule has 1 N–H and O–H groups in total. The lowest BCUT2D eigenvalue weighted by Crippen LogP contribution is -2.19. The molecule has 1 aromatic heterocycles. The summed E-state index contributed by atoms with van der Waals surface area (Å²) in [5, 5.41) is 7.84. The fraction of sp³-hybridized carbons (Fsp3) is 0.182. The average molecular weight is 366 g/mol. The van der Waals surface area contributed by atoms with Crippen molar-refractivity contribution in [2.75, 3.05) is 12.8 Å². The predicted molar refractivity (Wildman–Crippen MR) is 87.1 cm³/mol. The van der Waals surface area contributed by atoms with Gasteiger partial charge in [0.05, 0.1) is 21.5 Å². The minimum atomic E-state index is -0.0581. The predicted octanol–water partition coefficient (Wildman–Crippen LogP) is 3.81. The molecular weight excluding hydrogens is 357 g/mol. The van der Waals surface area contributed by atoms with Crippen LogP contribution in [0.2, 0.25) is 10.0 Å². The molecule has 2 aromatic rings. The van der Waals surface area contributed by atoms with E-state index in [-0.39, 0.29) is 5.91 Å². The van der Waals surface area contributed by atoms with E-state index >= 15 is 0 Å². The second-order valence-electron chi connectivity index (χ2n) is 3.61. The summed E-state index contributed by atoms with van der Waals surface area (Å²) in [5.74, 6) is 0.248. The van der Waals surface area contributed by atoms with Crippen molar-refractivity contribution in [3.05, 3.63) is 32.2 Å². The maximum Gasteiger partial charge on any atom is 0.230 e. The van der Waals surface area contributed by atoms with Gasteiger partial charge in [0.1, 0.15) is 0 Å². The molecule has 1 amide bonds. The number of thioether (sulfide) groups is 1. The minimum absolute atomic E-state index is 0.0581. The Hall–Kier alpha value is -0.600. The number of nitrogens with one attached hydrogen (secondary N) is 1. The van der Waals surface area contributed by atoms with E-state index in [0.717, 1.165) is 10.0 Å². The molecule has 0 bridgehead atoms. The SMILES string of the molecule is CNC(=O)CSc1nn(-c2ccc(Cl)c(Cl)c2)c(=S)s1. The van der Waals surface area contributed by atoms with Crippen LogP contribution in [0.5, 0.6) is 0 Å². The Morgan fingerprint density at radius 1 is 1.50 bits per heavy atom. The van der Waals surface area contributed by atoms with Crippen molar-refractivity contribution in [3.63, 3.8) is 0 Å². The van der Waals surface area contributed by atoms with Gasteiger partial charge in [0, 0.05) is 7.05 Å². The first kappa shape index (κ1) is 15.8. The van der Waals surface area contributed by atoms with Crippen molar-refractivity contribution < 1.29 is 4.79 Å². The van der Waals surface area contributed by atoms with E-state index in [1.54, 1.807) is 29.9 Å². The highest BCUT2D eigenvalue weighted by atomic mass is 35.5. The molecule has 0 aliphatic rings. The summed E-state index contributed by atoms with van der Waals surface area (Å²) in [4.78, 5) is 11.2. The topological polar surface area (TPSA) is 46.9 Å². The molecule has 0 radical (unpaired) electrons. The van der Waals surface area contributed by atoms with Gasteiger partial charge in [0.25, 0.3) is 0 Å². The number of carbonyl (C=O) groups excluding carboxylic acids is 1. The fourth-order valence-corrected chi connectivity index (χ4v) is 3.82. The van der Waals surface area contributed by atoms with Gasteiger partial charge in [-0.3, -0.25) is 4.79 Å². The highest BCUT2D eigenvalue weighted by Crippen LogP contribution is 2.27. The largest absolute Gasteiger partial charge is 0.358 e. The fourth-order valence-electron chi connectivity index (χ4n) is 1.30. The van der Waals surface area contributed by atoms with Crippen LogP contribution in [-0.4, -0.2) is 28.5 Å². The summed E-state index contributed by atoms with van der Waals surface area (Å²) in [7, 11) is 1.60. The van der Waals surface area contributed by atoms with Crippen LogP contribution in [0, 0.1) is 3.95 Å². The molecule has 0 saturated carbocycles. The quantitative estimate of drug-likeness (QED) is 0.660. The van der Waals surface area contributed by atoms with Crippen LogP contribution in [-0.2, 0) is 4.79 Å². The Bertz CT molecular complexity index is 698. The van der Waals surface area contributed by atoms with Crippen LogP contribution >= 0.6 is 58.5 Å². The van der Waals surface area contributed by atoms with Gasteiger partial charge >= 0.3 is 0 Å². The van der Waals surface area contributed by atoms with E-state index in [1.807, 2.05) is 0 Å². The van der Waals surface area contributed by atoms with E-state index in [4.69, 9.17) is 35.4 Å². The highest BCUT2D eigenvalue weighted by Gasteiger charge is 2.09. The number of amides is 1. The first-order valence-corrected chi connectivity index (χ1v) is 8.37. The number of benzene rings is 1. The summed E-state index contributed by atoms with van der Waals surface area (Å²) in [6, 6.07) is 5.18. The Labute approximate surface area is 139 Å². The highest BCUT2D eigenvalue weighted by molar-refractivity contribution is 8.01. The first-order chi connectivity index (χ1) is 9.51. The lowest BCUT2D eigenvalue weighted by molar-refractivity contribution is -0.118. The van der Waals surface area contributed by atoms with Gasteiger partial charge in [0.15, 0.2) is 8.29 Å². The van der Waals surface area contributed by atoms with E-state index < -0.39 is 0 Å². The summed E-state index contributed by atoms with van der Waals surface area (Å²) in [5.41, 5.74) is 0.743. The maximum absolute atomic E-state index is 11.2. The molecule has 4 nitrogen and oxygen atoms in total. The van der Waals surface area contributed by atoms with Crippen LogP contribution in [0.25, 0.3) is 5.69 Å². The molecular formula is C11H9Cl2N3OS3. The van der Waals surface area contributed by atoms with Gasteiger partial charge in [-0.05, 0) is 30.4 Å². The zero-order chi connectivity index (χ0) is 14.7. The van der Waals surface area contributed by atoms with Gasteiger partial charge in [-0.1, -0.05) is 46.3 Å². The molecule has 0 spiro atoms. The zero-order valence-corrected chi connectivity index (χ0v) is 14.2. The smallest absolute Gasteiger partial charge is 0.230 e. The minimum Gasteiger partial charge on any atom is -0.358 e. The molecule has 0 aliphatic carbocycles. The zero-order valence-electron chi connectivity index (χ0n) is 10.2. The molecule has 0 atom stereocenters. The van der Waals surface area contributed by atoms with Gasteiger partial charge < -0.3 is 5.32 Å². The molecule has 0 saturated heterocycles. The number of rotatable bonds is 4. The molecule has 9 heteroatoms. The van der Waals surface area contributed by atoms with Gasteiger partial charge in [0.2, 0.25) is 5.91 Å². The van der Waals surface area contributed by atoms with E-state index in [9.17, 15) is 4.79 Å². The standard InChI is InChI=1S/C11H9Cl2N3OS3/c1-14-9(17)5-19-10-15-16(11(18)20-10)6-2-3-7(12)8(13)4-6/h2-4H,5H2,1H3,(H,14,17). The van der Waals surface area contributed by atoms with E-state index in [1.165, 1.54) is 23.1 Å². The summed E-state index contributed by atoms with van der Waals surface area (Å²) in [6.07, 6.45) is 0. The summed E-state index contributed by atoms with van der Waals surface area (Å²) < 4.78 is 2.92. The molecule has 2 rings (SSSR count). The Kier molecular flexibility index (Phi) is 5.45. The van der Waals surface area contributed by atoms with Crippen LogP contribution < -0.4 is 5.32 Å². The van der Waals surface area contributed by atoms with Crippen molar-refractivity contribution in [1.29, 1.82) is 0 Å². The van der Waals surface area contributed by atoms with E-state index in [2.05, 4.69) is 10.4 Å². The van der Waals surface area contributed by atoms with Crippen LogP contribution in [0.3, 0.4) is 0 Å². The maximum atomic E-state index is 11.2. The number of hydrogen-bond acceptors (Lipinski definition) is 5. The molecule has 20 heavy (non-hydrogen) atoms. The van der Waals surface area contributed by atoms with Crippen molar-refractivity contribution in [2.24, 2.45) is 0 Å². The molecule has 0 fully saturated rings. The second kappa shape index (κ2) is 6.91. The van der Waals surface area contributed by atoms with E-state index in [0.29, 0.717) is 19.8 Å². The Morgan fingerprint density at radius 3 is 2.90 bits per heavy atom. The third-order valence-corrected chi connectivity index (χ3v) is 5.39. The second-order valence-corrected chi connectivity index (χ2v) is 7.27. The van der Waals surface area contributed by atoms with Crippen molar-refractivity contribution in [1.82, 2.24) is 15.1 Å². The number of hydrogen-bond donors (Lipinski definition) is 1. The Morgan fingerprint density at radius 2 is 2.25 bits per heavy atom. The third-order valence-electron chi connectivity index (χ3n) is 2.28. The Balaban J connectivity index is 2.25. The third kappa shape index (κ3) is 3.73. The lowest BCUT2D eigenvalue weighted by atomic mass is 10.3. The van der Waals surface area contributed by atoms with Gasteiger partial charge in [-0.2, -0.15) is 0 Å². The summed E-state index contributed by atoms with van der Waals surface area (Å²) in [6.45, 7) is 0. The monoisotopic (exact) mass is 365 g/mol. The molecule has 1 aromatic carbocycles. The van der Waals surface area contributed by atoms with Crippen LogP contribution in [0.15, 0.2) is 22.5 Å². The number of nitrogens with zero attached hydrogens (tertiary/aromatic N) is 2. The van der Waals surface area contributed by atoms with Gasteiger partial charge in [-0.25, -0.2) is 4.68 Å². The molecule has 0 aliphatic heterocycles. The molecule has 0 unspecified atom stereocenters. The van der Waals surface area contributed by atoms with Gasteiger partial charge in [-0.15, -0.1) is 5.10 Å². The van der Waals surface area contributed by atoms with Crippen LogP contribution in [0.4, 0.5) is 0 Å². The molecule has 1 heterocycles. The molecule has 106 valence electrons. The first-order valence-electron chi connectivity index (χ1n) is 5.40. The number of carbonyl (C=O) groups is 1. The average Bonchev–Trinajstić information content (AvgIpc) is 2.80. The number of halogens is 2. The van der Waals surface area contributed by atoms with Crippen LogP contribution in [0.1, 0.15) is 0 Å². The summed E-state index contributed by atoms with van der Waals surface area (Å²) >= 11 is 19.8. The number of aromatic nitrogens is 2. The van der Waals surface area contributed by atoms with Crippen molar-refractivity contribution in [3.8, 4) is 5.69 Å².